The fraction of sp³-hybridized carbons (Fsp3) is 0.333. The summed E-state index contributed by atoms with van der Waals surface area (Å²) in [6.07, 6.45) is 3.38. The standard InChI is InChI=1S/C33H36FN5O2S/c1-21-8-18-26(19-9-21)42-30(20-29(40)22-10-12-23(34)13-11-22)32(41)35-24-14-16-25(17-15-24)36-33-37-28-7-5-4-6-27(28)31(38-33)39(2)3/h4-13,18-19,24-25,30H,14-17,20H2,1-3H3,(H,35,41)(H,36,37,38)/t24-,25+,30?. The highest BCUT2D eigenvalue weighted by Crippen LogP contribution is 2.29. The molecule has 1 heterocycles. The van der Waals surface area contributed by atoms with Crippen LogP contribution in [0.4, 0.5) is 16.2 Å². The van der Waals surface area contributed by atoms with Gasteiger partial charge in [-0.15, -0.1) is 11.8 Å². The lowest BCUT2D eigenvalue weighted by Gasteiger charge is -2.31. The number of aromatic nitrogens is 2. The number of rotatable bonds is 10. The zero-order valence-electron chi connectivity index (χ0n) is 24.1. The van der Waals surface area contributed by atoms with Crippen molar-refractivity contribution in [1.29, 1.82) is 0 Å². The topological polar surface area (TPSA) is 87.2 Å². The average molecular weight is 586 g/mol. The Kier molecular flexibility index (Phi) is 9.37. The molecule has 4 aromatic rings. The molecule has 1 unspecified atom stereocenters. The second-order valence-corrected chi connectivity index (χ2v) is 12.3. The molecule has 0 radical (unpaired) electrons. The van der Waals surface area contributed by atoms with E-state index in [2.05, 4.69) is 10.6 Å². The summed E-state index contributed by atoms with van der Waals surface area (Å²) in [5, 5.41) is 7.13. The number of halogens is 1. The van der Waals surface area contributed by atoms with Gasteiger partial charge in [0, 0.05) is 48.4 Å². The predicted octanol–water partition coefficient (Wildman–Crippen LogP) is 6.42. The van der Waals surface area contributed by atoms with Crippen LogP contribution < -0.4 is 15.5 Å². The van der Waals surface area contributed by atoms with Crippen molar-refractivity contribution in [1.82, 2.24) is 15.3 Å². The summed E-state index contributed by atoms with van der Waals surface area (Å²) in [6, 6.07) is 21.6. The van der Waals surface area contributed by atoms with E-state index in [1.54, 1.807) is 0 Å². The number of Topliss-reactive ketones (excluding diaryl/α,β-unsaturated/α-hetero) is 1. The van der Waals surface area contributed by atoms with Crippen molar-refractivity contribution in [2.45, 2.75) is 61.3 Å². The summed E-state index contributed by atoms with van der Waals surface area (Å²) in [5.74, 6) is 0.747. The molecule has 1 aliphatic carbocycles. The maximum Gasteiger partial charge on any atom is 0.234 e. The molecule has 1 saturated carbocycles. The van der Waals surface area contributed by atoms with Gasteiger partial charge in [0.05, 0.1) is 10.8 Å². The highest BCUT2D eigenvalue weighted by atomic mass is 32.2. The molecule has 5 rings (SSSR count). The van der Waals surface area contributed by atoms with Gasteiger partial charge in [0.2, 0.25) is 11.9 Å². The van der Waals surface area contributed by atoms with E-state index in [4.69, 9.17) is 9.97 Å². The van der Waals surface area contributed by atoms with Gasteiger partial charge in [0.1, 0.15) is 11.6 Å². The molecule has 7 nitrogen and oxygen atoms in total. The van der Waals surface area contributed by atoms with Crippen molar-refractivity contribution >= 4 is 46.1 Å². The maximum absolute atomic E-state index is 13.5. The number of nitrogens with zero attached hydrogens (tertiary/aromatic N) is 3. The van der Waals surface area contributed by atoms with Crippen LogP contribution in [0.2, 0.25) is 0 Å². The summed E-state index contributed by atoms with van der Waals surface area (Å²) in [5.41, 5.74) is 2.42. The third-order valence-corrected chi connectivity index (χ3v) is 8.75. The number of hydrogen-bond acceptors (Lipinski definition) is 7. The van der Waals surface area contributed by atoms with E-state index < -0.39 is 11.1 Å². The summed E-state index contributed by atoms with van der Waals surface area (Å²) in [7, 11) is 3.95. The summed E-state index contributed by atoms with van der Waals surface area (Å²) >= 11 is 1.39. The normalized spacial score (nSPS) is 17.4. The van der Waals surface area contributed by atoms with Crippen LogP contribution in [0, 0.1) is 12.7 Å². The lowest BCUT2D eigenvalue weighted by molar-refractivity contribution is -0.121. The summed E-state index contributed by atoms with van der Waals surface area (Å²) in [6.45, 7) is 2.01. The fourth-order valence-electron chi connectivity index (χ4n) is 5.22. The number of aryl methyl sites for hydroxylation is 1. The molecule has 9 heteroatoms. The lowest BCUT2D eigenvalue weighted by Crippen LogP contribution is -2.44. The van der Waals surface area contributed by atoms with E-state index in [1.165, 1.54) is 36.0 Å². The minimum absolute atomic E-state index is 0.0208. The van der Waals surface area contributed by atoms with Crippen molar-refractivity contribution in [3.63, 3.8) is 0 Å². The zero-order valence-corrected chi connectivity index (χ0v) is 25.0. The SMILES string of the molecule is Cc1ccc(SC(CC(=O)c2ccc(F)cc2)C(=O)N[C@H]2CC[C@@H](Nc3nc(N(C)C)c4ccccc4n3)CC2)cc1. The number of fused-ring (bicyclic) bond motifs is 1. The maximum atomic E-state index is 13.5. The van der Waals surface area contributed by atoms with Gasteiger partial charge in [0.15, 0.2) is 5.78 Å². The first kappa shape index (κ1) is 29.5. The minimum atomic E-state index is -0.600. The van der Waals surface area contributed by atoms with E-state index in [0.29, 0.717) is 11.5 Å². The van der Waals surface area contributed by atoms with Crippen molar-refractivity contribution in [2.75, 3.05) is 24.3 Å². The number of carbonyl (C=O) groups is 2. The first-order valence-electron chi connectivity index (χ1n) is 14.3. The van der Waals surface area contributed by atoms with Crippen molar-refractivity contribution in [3.05, 3.63) is 89.7 Å². The number of anilines is 2. The third-order valence-electron chi connectivity index (χ3n) is 7.54. The molecule has 1 atom stereocenters. The predicted molar refractivity (Wildman–Crippen MR) is 168 cm³/mol. The molecule has 0 aliphatic heterocycles. The second kappa shape index (κ2) is 13.3. The number of ketones is 1. The number of amides is 1. The Balaban J connectivity index is 1.21. The van der Waals surface area contributed by atoms with Crippen molar-refractivity contribution in [2.24, 2.45) is 0 Å². The molecule has 1 fully saturated rings. The molecule has 3 aromatic carbocycles. The Bertz CT molecular complexity index is 1540. The summed E-state index contributed by atoms with van der Waals surface area (Å²) in [4.78, 5) is 39.0. The van der Waals surface area contributed by atoms with Crippen molar-refractivity contribution in [3.8, 4) is 0 Å². The van der Waals surface area contributed by atoms with Gasteiger partial charge in [-0.2, -0.15) is 4.98 Å². The average Bonchev–Trinajstić information content (AvgIpc) is 2.98. The lowest BCUT2D eigenvalue weighted by atomic mass is 9.91. The van der Waals surface area contributed by atoms with Crippen LogP contribution in [0.1, 0.15) is 48.0 Å². The minimum Gasteiger partial charge on any atom is -0.362 e. The molecular formula is C33H36FN5O2S. The second-order valence-electron chi connectivity index (χ2n) is 11.0. The smallest absolute Gasteiger partial charge is 0.234 e. The van der Waals surface area contributed by atoms with Crippen LogP contribution in [-0.4, -0.2) is 53.1 Å². The molecule has 1 amide bonds. The van der Waals surface area contributed by atoms with Crippen molar-refractivity contribution < 1.29 is 14.0 Å². The van der Waals surface area contributed by atoms with Gasteiger partial charge in [-0.25, -0.2) is 9.37 Å². The number of hydrogen-bond donors (Lipinski definition) is 2. The van der Waals surface area contributed by atoms with Gasteiger partial charge in [-0.3, -0.25) is 9.59 Å². The van der Waals surface area contributed by atoms with Crippen LogP contribution in [0.15, 0.2) is 77.7 Å². The van der Waals surface area contributed by atoms with E-state index >= 15 is 0 Å². The molecule has 42 heavy (non-hydrogen) atoms. The highest BCUT2D eigenvalue weighted by Gasteiger charge is 2.29. The Labute approximate surface area is 250 Å². The molecule has 0 bridgehead atoms. The molecule has 0 saturated heterocycles. The van der Waals surface area contributed by atoms with E-state index in [-0.39, 0.29) is 30.2 Å². The largest absolute Gasteiger partial charge is 0.362 e. The Morgan fingerprint density at radius 2 is 1.60 bits per heavy atom. The van der Waals surface area contributed by atoms with Crippen LogP contribution >= 0.6 is 11.8 Å². The van der Waals surface area contributed by atoms with Gasteiger partial charge in [0.25, 0.3) is 0 Å². The molecule has 1 aromatic heterocycles. The number of para-hydroxylation sites is 1. The number of nitrogens with one attached hydrogen (secondary N) is 2. The fourth-order valence-corrected chi connectivity index (χ4v) is 6.25. The van der Waals surface area contributed by atoms with Gasteiger partial charge >= 0.3 is 0 Å². The van der Waals surface area contributed by atoms with E-state index in [1.807, 2.05) is 74.4 Å². The van der Waals surface area contributed by atoms with Crippen LogP contribution in [0.5, 0.6) is 0 Å². The molecular weight excluding hydrogens is 549 g/mol. The van der Waals surface area contributed by atoms with Gasteiger partial charge in [-0.05, 0) is 81.1 Å². The quantitative estimate of drug-likeness (QED) is 0.164. The monoisotopic (exact) mass is 585 g/mol. The Hall–Kier alpha value is -3.98. The molecule has 2 N–H and O–H groups in total. The summed E-state index contributed by atoms with van der Waals surface area (Å²) < 4.78 is 13.4. The Morgan fingerprint density at radius 1 is 0.929 bits per heavy atom. The van der Waals surface area contributed by atoms with Gasteiger partial charge < -0.3 is 15.5 Å². The Morgan fingerprint density at radius 3 is 2.29 bits per heavy atom. The number of benzene rings is 3. The molecule has 218 valence electrons. The van der Waals surface area contributed by atoms with Gasteiger partial charge in [-0.1, -0.05) is 29.8 Å². The van der Waals surface area contributed by atoms with E-state index in [0.717, 1.165) is 52.9 Å². The molecule has 0 spiro atoms. The van der Waals surface area contributed by atoms with E-state index in [9.17, 15) is 14.0 Å². The van der Waals surface area contributed by atoms with Crippen LogP contribution in [0.25, 0.3) is 10.9 Å². The number of thioether (sulfide) groups is 1. The zero-order chi connectivity index (χ0) is 29.6. The molecule has 1 aliphatic rings. The third kappa shape index (κ3) is 7.45. The first-order chi connectivity index (χ1) is 20.2. The first-order valence-corrected chi connectivity index (χ1v) is 15.2. The number of carbonyl (C=O) groups excluding carboxylic acids is 2. The van der Waals surface area contributed by atoms with Crippen LogP contribution in [-0.2, 0) is 4.79 Å². The van der Waals surface area contributed by atoms with Crippen LogP contribution in [0.3, 0.4) is 0 Å². The highest BCUT2D eigenvalue weighted by molar-refractivity contribution is 8.00.